The third-order valence-corrected chi connectivity index (χ3v) is 2.99. The summed E-state index contributed by atoms with van der Waals surface area (Å²) in [6.07, 6.45) is -2.67. The van der Waals surface area contributed by atoms with Gasteiger partial charge in [0.05, 0.1) is 12.7 Å². The first-order chi connectivity index (χ1) is 9.45. The van der Waals surface area contributed by atoms with Crippen LogP contribution in [0.3, 0.4) is 0 Å². The summed E-state index contributed by atoms with van der Waals surface area (Å²) < 4.78 is 43.1. The molecule has 2 aromatic rings. The molecule has 104 valence electrons. The second-order valence-electron chi connectivity index (χ2n) is 4.24. The molecule has 0 aliphatic carbocycles. The van der Waals surface area contributed by atoms with Crippen LogP contribution in [0.15, 0.2) is 49.0 Å². The molecule has 0 aliphatic heterocycles. The minimum absolute atomic E-state index is 0.200. The van der Waals surface area contributed by atoms with Crippen molar-refractivity contribution < 1.29 is 17.9 Å². The number of alkyl halides is 3. The zero-order chi connectivity index (χ0) is 14.8. The molecule has 2 rings (SSSR count). The maximum atomic E-state index is 12.7. The lowest BCUT2D eigenvalue weighted by Gasteiger charge is -2.13. The molecule has 4 heteroatoms. The number of hydrogen-bond donors (Lipinski definition) is 0. The van der Waals surface area contributed by atoms with E-state index in [1.165, 1.54) is 13.2 Å². The maximum Gasteiger partial charge on any atom is 0.416 e. The van der Waals surface area contributed by atoms with Crippen LogP contribution in [0.5, 0.6) is 5.75 Å². The van der Waals surface area contributed by atoms with Crippen LogP contribution in [0.1, 0.15) is 11.1 Å². The number of halogens is 3. The molecule has 1 nitrogen and oxygen atoms in total. The molecule has 0 N–H and O–H groups in total. The lowest BCUT2D eigenvalue weighted by atomic mass is 10.0. The minimum atomic E-state index is -4.38. The fourth-order valence-corrected chi connectivity index (χ4v) is 1.90. The van der Waals surface area contributed by atoms with Gasteiger partial charge in [-0.05, 0) is 23.3 Å². The second-order valence-corrected chi connectivity index (χ2v) is 4.24. The number of ether oxygens (including phenoxy) is 1. The maximum absolute atomic E-state index is 12.7. The fourth-order valence-electron chi connectivity index (χ4n) is 1.90. The Labute approximate surface area is 115 Å². The molecule has 0 spiro atoms. The fraction of sp³-hybridized carbons (Fsp3) is 0.125. The van der Waals surface area contributed by atoms with Gasteiger partial charge in [-0.25, -0.2) is 0 Å². The molecule has 0 saturated carbocycles. The Morgan fingerprint density at radius 3 is 2.20 bits per heavy atom. The molecule has 0 atom stereocenters. The molecule has 0 heterocycles. The summed E-state index contributed by atoms with van der Waals surface area (Å²) in [5.74, 6) is 0.200. The van der Waals surface area contributed by atoms with Crippen LogP contribution in [0.25, 0.3) is 17.2 Å². The third kappa shape index (κ3) is 2.85. The Balaban J connectivity index is 2.48. The van der Waals surface area contributed by atoms with E-state index in [1.807, 2.05) is 24.3 Å². The van der Waals surface area contributed by atoms with E-state index in [4.69, 9.17) is 4.74 Å². The van der Waals surface area contributed by atoms with Crippen LogP contribution >= 0.6 is 0 Å². The van der Waals surface area contributed by atoms with Crippen molar-refractivity contribution in [1.82, 2.24) is 0 Å². The van der Waals surface area contributed by atoms with Gasteiger partial charge in [-0.1, -0.05) is 43.0 Å². The van der Waals surface area contributed by atoms with E-state index in [-0.39, 0.29) is 5.75 Å². The van der Waals surface area contributed by atoms with Crippen LogP contribution in [-0.2, 0) is 6.18 Å². The summed E-state index contributed by atoms with van der Waals surface area (Å²) in [5.41, 5.74) is 1.64. The van der Waals surface area contributed by atoms with Crippen molar-refractivity contribution in [2.45, 2.75) is 6.18 Å². The van der Waals surface area contributed by atoms with Crippen LogP contribution in [0.4, 0.5) is 13.2 Å². The van der Waals surface area contributed by atoms with E-state index >= 15 is 0 Å². The third-order valence-electron chi connectivity index (χ3n) is 2.99. The van der Waals surface area contributed by atoms with Crippen molar-refractivity contribution in [3.63, 3.8) is 0 Å². The van der Waals surface area contributed by atoms with Crippen LogP contribution < -0.4 is 4.74 Å². The first kappa shape index (κ1) is 14.2. The SMILES string of the molecule is C=Cc1ccc(-c2ccc(C(F)(F)F)cc2OC)cc1. The van der Waals surface area contributed by atoms with Crippen LogP contribution in [0.2, 0.25) is 0 Å². The first-order valence-electron chi connectivity index (χ1n) is 5.94. The summed E-state index contributed by atoms with van der Waals surface area (Å²) in [6, 6.07) is 10.8. The van der Waals surface area contributed by atoms with E-state index in [2.05, 4.69) is 6.58 Å². The molecular weight excluding hydrogens is 265 g/mol. The molecule has 20 heavy (non-hydrogen) atoms. The Morgan fingerprint density at radius 2 is 1.70 bits per heavy atom. The Hall–Kier alpha value is -2.23. The van der Waals surface area contributed by atoms with Crippen molar-refractivity contribution in [1.29, 1.82) is 0 Å². The highest BCUT2D eigenvalue weighted by Crippen LogP contribution is 2.37. The quantitative estimate of drug-likeness (QED) is 0.765. The number of rotatable bonds is 3. The van der Waals surface area contributed by atoms with Crippen molar-refractivity contribution in [3.8, 4) is 16.9 Å². The Bertz CT molecular complexity index is 613. The van der Waals surface area contributed by atoms with Gasteiger partial charge >= 0.3 is 6.18 Å². The molecule has 2 aromatic carbocycles. The minimum Gasteiger partial charge on any atom is -0.496 e. The van der Waals surface area contributed by atoms with Gasteiger partial charge in [-0.3, -0.25) is 0 Å². The molecular formula is C16H13F3O. The summed E-state index contributed by atoms with van der Waals surface area (Å²) >= 11 is 0. The van der Waals surface area contributed by atoms with Gasteiger partial charge in [-0.2, -0.15) is 13.2 Å². The van der Waals surface area contributed by atoms with Crippen molar-refractivity contribution in [2.75, 3.05) is 7.11 Å². The molecule has 0 unspecified atom stereocenters. The standard InChI is InChI=1S/C16H13F3O/c1-3-11-4-6-12(7-5-11)14-9-8-13(16(17,18)19)10-15(14)20-2/h3-10H,1H2,2H3. The van der Waals surface area contributed by atoms with Gasteiger partial charge in [0.15, 0.2) is 0 Å². The zero-order valence-electron chi connectivity index (χ0n) is 10.9. The van der Waals surface area contributed by atoms with Crippen LogP contribution in [-0.4, -0.2) is 7.11 Å². The number of benzene rings is 2. The first-order valence-corrected chi connectivity index (χ1v) is 5.94. The summed E-state index contributed by atoms with van der Waals surface area (Å²) in [7, 11) is 1.36. The second kappa shape index (κ2) is 5.41. The van der Waals surface area contributed by atoms with E-state index in [9.17, 15) is 13.2 Å². The average Bonchev–Trinajstić information content (AvgIpc) is 2.45. The Kier molecular flexibility index (Phi) is 3.84. The molecule has 0 aromatic heterocycles. The van der Waals surface area contributed by atoms with Gasteiger partial charge in [0.1, 0.15) is 5.75 Å². The Morgan fingerprint density at radius 1 is 1.05 bits per heavy atom. The molecule has 0 fully saturated rings. The van der Waals surface area contributed by atoms with E-state index < -0.39 is 11.7 Å². The topological polar surface area (TPSA) is 9.23 Å². The van der Waals surface area contributed by atoms with Gasteiger partial charge in [0.25, 0.3) is 0 Å². The number of hydrogen-bond acceptors (Lipinski definition) is 1. The van der Waals surface area contributed by atoms with Gasteiger partial charge in [0.2, 0.25) is 0 Å². The summed E-state index contributed by atoms with van der Waals surface area (Å²) in [6.45, 7) is 3.66. The highest BCUT2D eigenvalue weighted by molar-refractivity contribution is 5.72. The van der Waals surface area contributed by atoms with Crippen LogP contribution in [0, 0.1) is 0 Å². The van der Waals surface area contributed by atoms with Gasteiger partial charge in [-0.15, -0.1) is 0 Å². The highest BCUT2D eigenvalue weighted by atomic mass is 19.4. The largest absolute Gasteiger partial charge is 0.496 e. The predicted molar refractivity (Wildman–Crippen MR) is 73.5 cm³/mol. The van der Waals surface area contributed by atoms with Crippen molar-refractivity contribution in [3.05, 3.63) is 60.2 Å². The van der Waals surface area contributed by atoms with Gasteiger partial charge in [0, 0.05) is 5.56 Å². The zero-order valence-corrected chi connectivity index (χ0v) is 10.9. The lowest BCUT2D eigenvalue weighted by Crippen LogP contribution is -2.05. The van der Waals surface area contributed by atoms with Crippen molar-refractivity contribution >= 4 is 6.08 Å². The normalized spacial score (nSPS) is 11.2. The molecule has 0 saturated heterocycles. The van der Waals surface area contributed by atoms with E-state index in [1.54, 1.807) is 6.08 Å². The van der Waals surface area contributed by atoms with E-state index in [0.717, 1.165) is 23.3 Å². The lowest BCUT2D eigenvalue weighted by molar-refractivity contribution is -0.137. The monoisotopic (exact) mass is 278 g/mol. The molecule has 0 bridgehead atoms. The molecule has 0 radical (unpaired) electrons. The summed E-state index contributed by atoms with van der Waals surface area (Å²) in [4.78, 5) is 0. The highest BCUT2D eigenvalue weighted by Gasteiger charge is 2.31. The average molecular weight is 278 g/mol. The smallest absolute Gasteiger partial charge is 0.416 e. The number of methoxy groups -OCH3 is 1. The summed E-state index contributed by atoms with van der Waals surface area (Å²) in [5, 5.41) is 0. The molecule has 0 aliphatic rings. The van der Waals surface area contributed by atoms with E-state index in [0.29, 0.717) is 5.56 Å². The van der Waals surface area contributed by atoms with Crippen molar-refractivity contribution in [2.24, 2.45) is 0 Å². The molecule has 0 amide bonds. The predicted octanol–water partition coefficient (Wildman–Crippen LogP) is 5.02. The van der Waals surface area contributed by atoms with Gasteiger partial charge < -0.3 is 4.74 Å².